The molecule has 6 heteroatoms. The van der Waals surface area contributed by atoms with Crippen molar-refractivity contribution >= 4 is 23.2 Å². The van der Waals surface area contributed by atoms with E-state index in [1.165, 1.54) is 21.6 Å². The molecule has 0 spiro atoms. The molecule has 1 saturated heterocycles. The third-order valence-corrected chi connectivity index (χ3v) is 9.36. The lowest BCUT2D eigenvalue weighted by Crippen LogP contribution is -2.57. The van der Waals surface area contributed by atoms with E-state index in [1.807, 2.05) is 70.5 Å². The zero-order chi connectivity index (χ0) is 27.6. The Labute approximate surface area is 240 Å². The van der Waals surface area contributed by atoms with Crippen molar-refractivity contribution < 1.29 is 9.59 Å². The Morgan fingerprint density at radius 2 is 1.55 bits per heavy atom. The molecule has 0 N–H and O–H groups in total. The van der Waals surface area contributed by atoms with E-state index in [0.29, 0.717) is 31.7 Å². The first-order chi connectivity index (χ1) is 19.5. The van der Waals surface area contributed by atoms with Crippen molar-refractivity contribution in [2.24, 2.45) is 0 Å². The minimum Gasteiger partial charge on any atom is -0.338 e. The molecule has 0 bridgehead atoms. The number of amides is 2. The molecule has 0 saturated carbocycles. The van der Waals surface area contributed by atoms with Gasteiger partial charge in [-0.1, -0.05) is 66.7 Å². The maximum Gasteiger partial charge on any atom is 0.254 e. The summed E-state index contributed by atoms with van der Waals surface area (Å²) in [5.41, 5.74) is 6.78. The van der Waals surface area contributed by atoms with Crippen molar-refractivity contribution in [3.8, 4) is 11.1 Å². The molecule has 2 unspecified atom stereocenters. The van der Waals surface area contributed by atoms with Gasteiger partial charge in [0.15, 0.2) is 0 Å². The van der Waals surface area contributed by atoms with Crippen LogP contribution in [0.25, 0.3) is 11.1 Å². The van der Waals surface area contributed by atoms with Crippen LogP contribution in [-0.4, -0.2) is 65.3 Å². The van der Waals surface area contributed by atoms with Gasteiger partial charge in [-0.2, -0.15) is 0 Å². The number of fused-ring (bicyclic) bond motifs is 1. The molecule has 6 rings (SSSR count). The summed E-state index contributed by atoms with van der Waals surface area (Å²) in [6.45, 7) is 7.11. The van der Waals surface area contributed by atoms with Crippen LogP contribution in [0.15, 0.2) is 90.3 Å². The van der Waals surface area contributed by atoms with Crippen LogP contribution in [0.3, 0.4) is 0 Å². The van der Waals surface area contributed by atoms with Gasteiger partial charge in [0.05, 0.1) is 12.6 Å². The number of piperazine rings is 1. The van der Waals surface area contributed by atoms with E-state index in [9.17, 15) is 9.59 Å². The molecule has 2 atom stereocenters. The summed E-state index contributed by atoms with van der Waals surface area (Å²) in [6, 6.07) is 28.8. The van der Waals surface area contributed by atoms with E-state index in [2.05, 4.69) is 59.7 Å². The van der Waals surface area contributed by atoms with Crippen molar-refractivity contribution in [1.82, 2.24) is 14.7 Å². The second-order valence-electron chi connectivity index (χ2n) is 10.9. The summed E-state index contributed by atoms with van der Waals surface area (Å²) in [6.07, 6.45) is 0.977. The van der Waals surface area contributed by atoms with Gasteiger partial charge in [-0.3, -0.25) is 14.5 Å². The number of aryl methyl sites for hydroxylation is 1. The van der Waals surface area contributed by atoms with Gasteiger partial charge in [0, 0.05) is 42.7 Å². The number of benzene rings is 3. The van der Waals surface area contributed by atoms with Crippen LogP contribution in [0.5, 0.6) is 0 Å². The Balaban J connectivity index is 1.12. The molecule has 2 aliphatic rings. The molecule has 204 valence electrons. The smallest absolute Gasteiger partial charge is 0.254 e. The first-order valence-corrected chi connectivity index (χ1v) is 15.0. The van der Waals surface area contributed by atoms with E-state index in [4.69, 9.17) is 0 Å². The molecular formula is C34H35N3O2S. The normalized spacial score (nSPS) is 19.4. The second-order valence-corrected chi connectivity index (χ2v) is 11.9. The minimum absolute atomic E-state index is 0.0276. The standard InChI is InChI=1S/C34H35N3O2S/c1-24-8-6-7-11-29(24)33-30-17-21-40-31(30)16-18-36(33)23-32(38)35-19-20-37(25(2)22-35)34(39)28-14-12-27(13-15-28)26-9-4-3-5-10-26/h3-15,17,21,25,33H,16,18-20,22-23H2,1-2H3. The summed E-state index contributed by atoms with van der Waals surface area (Å²) in [4.78, 5) is 34.6. The number of hydrogen-bond donors (Lipinski definition) is 0. The van der Waals surface area contributed by atoms with Gasteiger partial charge >= 0.3 is 0 Å². The van der Waals surface area contributed by atoms with Crippen molar-refractivity contribution in [2.45, 2.75) is 32.4 Å². The Morgan fingerprint density at radius 3 is 2.30 bits per heavy atom. The Hall–Kier alpha value is -3.74. The molecule has 3 aromatic carbocycles. The molecule has 5 nitrogen and oxygen atoms in total. The van der Waals surface area contributed by atoms with Gasteiger partial charge in [-0.05, 0) is 71.7 Å². The maximum absolute atomic E-state index is 13.6. The summed E-state index contributed by atoms with van der Waals surface area (Å²) in [7, 11) is 0. The van der Waals surface area contributed by atoms with E-state index in [1.54, 1.807) is 0 Å². The van der Waals surface area contributed by atoms with Gasteiger partial charge in [0.25, 0.3) is 5.91 Å². The molecule has 40 heavy (non-hydrogen) atoms. The lowest BCUT2D eigenvalue weighted by Gasteiger charge is -2.42. The molecular weight excluding hydrogens is 514 g/mol. The third-order valence-electron chi connectivity index (χ3n) is 8.37. The highest BCUT2D eigenvalue weighted by Crippen LogP contribution is 2.38. The highest BCUT2D eigenvalue weighted by molar-refractivity contribution is 7.10. The average molecular weight is 550 g/mol. The molecule has 0 radical (unpaired) electrons. The number of rotatable bonds is 5. The predicted molar refractivity (Wildman–Crippen MR) is 162 cm³/mol. The zero-order valence-corrected chi connectivity index (χ0v) is 23.9. The summed E-state index contributed by atoms with van der Waals surface area (Å²) >= 11 is 1.82. The molecule has 1 fully saturated rings. The van der Waals surface area contributed by atoms with Crippen molar-refractivity contribution in [1.29, 1.82) is 0 Å². The van der Waals surface area contributed by atoms with Crippen LogP contribution in [0.2, 0.25) is 0 Å². The Kier molecular flexibility index (Phi) is 7.55. The first kappa shape index (κ1) is 26.5. The van der Waals surface area contributed by atoms with Crippen LogP contribution >= 0.6 is 11.3 Å². The largest absolute Gasteiger partial charge is 0.338 e. The zero-order valence-electron chi connectivity index (χ0n) is 23.1. The van der Waals surface area contributed by atoms with Gasteiger partial charge in [-0.25, -0.2) is 0 Å². The van der Waals surface area contributed by atoms with Gasteiger partial charge in [0.2, 0.25) is 5.91 Å². The first-order valence-electron chi connectivity index (χ1n) is 14.1. The number of thiophene rings is 1. The van der Waals surface area contributed by atoms with Crippen LogP contribution in [-0.2, 0) is 11.2 Å². The third kappa shape index (κ3) is 5.21. The molecule has 2 amide bonds. The van der Waals surface area contributed by atoms with Crippen molar-refractivity contribution in [2.75, 3.05) is 32.7 Å². The fraction of sp³-hybridized carbons (Fsp3) is 0.294. The van der Waals surface area contributed by atoms with E-state index < -0.39 is 0 Å². The van der Waals surface area contributed by atoms with Crippen molar-refractivity contribution in [3.63, 3.8) is 0 Å². The van der Waals surface area contributed by atoms with Crippen LogP contribution < -0.4 is 0 Å². The summed E-state index contributed by atoms with van der Waals surface area (Å²) in [5.74, 6) is 0.170. The molecule has 0 aliphatic carbocycles. The highest BCUT2D eigenvalue weighted by atomic mass is 32.1. The van der Waals surface area contributed by atoms with Gasteiger partial charge in [-0.15, -0.1) is 11.3 Å². The monoisotopic (exact) mass is 549 g/mol. The predicted octanol–water partition coefficient (Wildman–Crippen LogP) is 6.04. The molecule has 2 aliphatic heterocycles. The van der Waals surface area contributed by atoms with Crippen LogP contribution in [0.1, 0.15) is 44.9 Å². The van der Waals surface area contributed by atoms with E-state index >= 15 is 0 Å². The lowest BCUT2D eigenvalue weighted by atomic mass is 9.90. The fourth-order valence-electron chi connectivity index (χ4n) is 6.16. The SMILES string of the molecule is Cc1ccccc1C1c2ccsc2CCN1CC(=O)N1CCN(C(=O)c2ccc(-c3ccccc3)cc2)C(C)C1. The summed E-state index contributed by atoms with van der Waals surface area (Å²) in [5, 5.41) is 2.17. The van der Waals surface area contributed by atoms with E-state index in [0.717, 1.165) is 24.1 Å². The minimum atomic E-state index is -0.0454. The topological polar surface area (TPSA) is 43.9 Å². The summed E-state index contributed by atoms with van der Waals surface area (Å²) < 4.78 is 0. The molecule has 1 aromatic heterocycles. The van der Waals surface area contributed by atoms with E-state index in [-0.39, 0.29) is 23.9 Å². The molecule has 3 heterocycles. The van der Waals surface area contributed by atoms with Crippen LogP contribution in [0.4, 0.5) is 0 Å². The lowest BCUT2D eigenvalue weighted by molar-refractivity contribution is -0.135. The Bertz CT molecular complexity index is 1500. The van der Waals surface area contributed by atoms with Gasteiger partial charge in [0.1, 0.15) is 0 Å². The van der Waals surface area contributed by atoms with Gasteiger partial charge < -0.3 is 9.80 Å². The van der Waals surface area contributed by atoms with Crippen molar-refractivity contribution in [3.05, 3.63) is 117 Å². The number of hydrogen-bond acceptors (Lipinski definition) is 4. The Morgan fingerprint density at radius 1 is 0.825 bits per heavy atom. The number of carbonyl (C=O) groups excluding carboxylic acids is 2. The average Bonchev–Trinajstić information content (AvgIpc) is 3.47. The number of carbonyl (C=O) groups is 2. The van der Waals surface area contributed by atoms with Crippen LogP contribution in [0, 0.1) is 6.92 Å². The molecule has 4 aromatic rings. The highest BCUT2D eigenvalue weighted by Gasteiger charge is 2.35. The maximum atomic E-state index is 13.6. The quantitative estimate of drug-likeness (QED) is 0.305. The fourth-order valence-corrected chi connectivity index (χ4v) is 7.06. The second kappa shape index (κ2) is 11.4. The number of nitrogens with zero attached hydrogens (tertiary/aromatic N) is 3.